The van der Waals surface area contributed by atoms with Crippen molar-refractivity contribution in [2.24, 2.45) is 0 Å². The van der Waals surface area contributed by atoms with E-state index in [1.165, 1.54) is 39.1 Å². The maximum atomic E-state index is 5.03. The zero-order valence-corrected chi connectivity index (χ0v) is 11.0. The predicted octanol–water partition coefficient (Wildman–Crippen LogP) is -0.109. The summed E-state index contributed by atoms with van der Waals surface area (Å²) >= 11 is 0. The van der Waals surface area contributed by atoms with Crippen LogP contribution < -0.4 is 0 Å². The minimum Gasteiger partial charge on any atom is -0.338 e. The minimum absolute atomic E-state index is 0.726. The summed E-state index contributed by atoms with van der Waals surface area (Å²) in [5.41, 5.74) is 0. The fourth-order valence-electron chi connectivity index (χ4n) is 2.80. The molecule has 100 valence electrons. The fraction of sp³-hybridized carbons (Fsp3) is 0.833. The molecule has 2 fully saturated rings. The summed E-state index contributed by atoms with van der Waals surface area (Å²) in [4.78, 5) is 11.6. The van der Waals surface area contributed by atoms with Gasteiger partial charge in [0.05, 0.1) is 6.54 Å². The fourth-order valence-corrected chi connectivity index (χ4v) is 2.80. The van der Waals surface area contributed by atoms with E-state index in [1.54, 1.807) is 0 Å². The number of aromatic nitrogens is 2. The van der Waals surface area contributed by atoms with E-state index in [0.29, 0.717) is 0 Å². The molecule has 2 saturated heterocycles. The maximum absolute atomic E-state index is 5.03. The van der Waals surface area contributed by atoms with Gasteiger partial charge in [-0.25, -0.2) is 0 Å². The summed E-state index contributed by atoms with van der Waals surface area (Å²) in [6.07, 6.45) is 1.47. The number of rotatable bonds is 4. The van der Waals surface area contributed by atoms with E-state index in [0.717, 1.165) is 31.6 Å². The van der Waals surface area contributed by atoms with Crippen LogP contribution in [0, 0.1) is 0 Å². The van der Waals surface area contributed by atoms with Crippen molar-refractivity contribution >= 4 is 0 Å². The van der Waals surface area contributed by atoms with Crippen molar-refractivity contribution in [3.8, 4) is 0 Å². The Hall–Kier alpha value is -0.980. The van der Waals surface area contributed by atoms with Crippen LogP contribution in [0.25, 0.3) is 0 Å². The molecule has 6 heteroatoms. The Bertz CT molecular complexity index is 355. The third kappa shape index (κ3) is 2.55. The van der Waals surface area contributed by atoms with Crippen LogP contribution in [0.3, 0.4) is 0 Å². The average Bonchev–Trinajstić information content (AvgIpc) is 2.86. The van der Waals surface area contributed by atoms with Gasteiger partial charge in [0, 0.05) is 45.3 Å². The Morgan fingerprint density at radius 2 is 2.00 bits per heavy atom. The van der Waals surface area contributed by atoms with Crippen LogP contribution in [0.5, 0.6) is 0 Å². The second kappa shape index (κ2) is 5.34. The number of likely N-dealkylation sites (tertiary alicyclic amines) is 1. The van der Waals surface area contributed by atoms with Gasteiger partial charge in [-0.1, -0.05) is 12.1 Å². The van der Waals surface area contributed by atoms with Crippen LogP contribution in [0.4, 0.5) is 0 Å². The molecule has 0 saturated carbocycles. The van der Waals surface area contributed by atoms with E-state index in [4.69, 9.17) is 4.52 Å². The van der Waals surface area contributed by atoms with Crippen LogP contribution in [0.1, 0.15) is 12.8 Å². The van der Waals surface area contributed by atoms with Gasteiger partial charge in [0.2, 0.25) is 5.89 Å². The molecular weight excluding hydrogens is 230 g/mol. The molecule has 0 radical (unpaired) electrons. The Balaban J connectivity index is 1.40. The smallest absolute Gasteiger partial charge is 0.240 e. The molecule has 18 heavy (non-hydrogen) atoms. The van der Waals surface area contributed by atoms with Crippen molar-refractivity contribution in [1.29, 1.82) is 0 Å². The van der Waals surface area contributed by atoms with Crippen molar-refractivity contribution < 1.29 is 4.52 Å². The molecule has 2 aliphatic rings. The molecule has 0 N–H and O–H groups in total. The minimum atomic E-state index is 0.726. The van der Waals surface area contributed by atoms with Gasteiger partial charge in [-0.05, 0) is 6.54 Å². The quantitative estimate of drug-likeness (QED) is 0.744. The van der Waals surface area contributed by atoms with E-state index in [-0.39, 0.29) is 0 Å². The Morgan fingerprint density at radius 1 is 1.22 bits per heavy atom. The largest absolute Gasteiger partial charge is 0.338 e. The van der Waals surface area contributed by atoms with Gasteiger partial charge in [-0.3, -0.25) is 9.80 Å². The first-order chi connectivity index (χ1) is 8.85. The highest BCUT2D eigenvalue weighted by molar-refractivity contribution is 4.91. The Labute approximate surface area is 108 Å². The summed E-state index contributed by atoms with van der Waals surface area (Å²) in [5.74, 6) is 0.726. The van der Waals surface area contributed by atoms with Crippen LogP contribution in [-0.4, -0.2) is 76.7 Å². The summed E-state index contributed by atoms with van der Waals surface area (Å²) < 4.78 is 5.03. The summed E-state index contributed by atoms with van der Waals surface area (Å²) in [7, 11) is 0. The van der Waals surface area contributed by atoms with Gasteiger partial charge in [0.1, 0.15) is 0 Å². The van der Waals surface area contributed by atoms with E-state index in [9.17, 15) is 0 Å². The van der Waals surface area contributed by atoms with Crippen LogP contribution in [-0.2, 0) is 6.54 Å². The molecule has 3 heterocycles. The van der Waals surface area contributed by atoms with Crippen molar-refractivity contribution in [2.75, 3.05) is 45.8 Å². The highest BCUT2D eigenvalue weighted by Crippen LogP contribution is 2.18. The number of piperazine rings is 1. The van der Waals surface area contributed by atoms with E-state index < -0.39 is 0 Å². The van der Waals surface area contributed by atoms with Crippen LogP contribution in [0.2, 0.25) is 0 Å². The van der Waals surface area contributed by atoms with E-state index in [1.807, 2.05) is 0 Å². The number of hydrogen-bond acceptors (Lipinski definition) is 6. The zero-order chi connectivity index (χ0) is 12.4. The highest BCUT2D eigenvalue weighted by Gasteiger charge is 2.33. The lowest BCUT2D eigenvalue weighted by molar-refractivity contribution is -0.00213. The highest BCUT2D eigenvalue weighted by atomic mass is 16.5. The molecule has 0 atom stereocenters. The predicted molar refractivity (Wildman–Crippen MR) is 67.1 cm³/mol. The molecule has 1 aromatic heterocycles. The summed E-state index contributed by atoms with van der Waals surface area (Å²) in [6.45, 7) is 11.4. The molecule has 6 nitrogen and oxygen atoms in total. The average molecular weight is 251 g/mol. The number of likely N-dealkylation sites (N-methyl/N-ethyl adjacent to an activating group) is 1. The van der Waals surface area contributed by atoms with Crippen molar-refractivity contribution in [1.82, 2.24) is 24.8 Å². The lowest BCUT2D eigenvalue weighted by Crippen LogP contribution is -2.62. The van der Waals surface area contributed by atoms with Crippen LogP contribution >= 0.6 is 0 Å². The SMILES string of the molecule is CCN1CCN(C2CN(Cc3ncno3)C2)CC1. The molecule has 0 aromatic carbocycles. The van der Waals surface area contributed by atoms with Crippen LogP contribution in [0.15, 0.2) is 10.9 Å². The van der Waals surface area contributed by atoms with Gasteiger partial charge in [-0.15, -0.1) is 0 Å². The lowest BCUT2D eigenvalue weighted by atomic mass is 10.1. The second-order valence-corrected chi connectivity index (χ2v) is 5.15. The number of nitrogens with zero attached hydrogens (tertiary/aromatic N) is 5. The number of hydrogen-bond donors (Lipinski definition) is 0. The molecule has 2 aliphatic heterocycles. The molecule has 1 aromatic rings. The Morgan fingerprint density at radius 3 is 2.61 bits per heavy atom. The van der Waals surface area contributed by atoms with Crippen molar-refractivity contribution in [3.63, 3.8) is 0 Å². The first kappa shape index (κ1) is 12.1. The molecule has 0 amide bonds. The zero-order valence-electron chi connectivity index (χ0n) is 11.0. The maximum Gasteiger partial charge on any atom is 0.240 e. The standard InChI is InChI=1S/C12H21N5O/c1-2-15-3-5-17(6-4-15)11-7-16(8-11)9-12-13-10-14-18-12/h10-11H,2-9H2,1H3. The first-order valence-corrected chi connectivity index (χ1v) is 6.79. The Kier molecular flexibility index (Phi) is 3.58. The van der Waals surface area contributed by atoms with Gasteiger partial charge < -0.3 is 9.42 Å². The summed E-state index contributed by atoms with van der Waals surface area (Å²) in [6, 6.07) is 0.729. The molecule has 0 bridgehead atoms. The topological polar surface area (TPSA) is 48.6 Å². The lowest BCUT2D eigenvalue weighted by Gasteiger charge is -2.47. The first-order valence-electron chi connectivity index (χ1n) is 6.79. The third-order valence-electron chi connectivity index (χ3n) is 4.07. The molecule has 3 rings (SSSR count). The van der Waals surface area contributed by atoms with E-state index >= 15 is 0 Å². The molecule has 0 aliphatic carbocycles. The second-order valence-electron chi connectivity index (χ2n) is 5.15. The van der Waals surface area contributed by atoms with E-state index in [2.05, 4.69) is 31.8 Å². The molecule has 0 spiro atoms. The van der Waals surface area contributed by atoms with Crippen molar-refractivity contribution in [2.45, 2.75) is 19.5 Å². The van der Waals surface area contributed by atoms with Gasteiger partial charge >= 0.3 is 0 Å². The van der Waals surface area contributed by atoms with Gasteiger partial charge in [0.25, 0.3) is 0 Å². The molecule has 0 unspecified atom stereocenters. The van der Waals surface area contributed by atoms with Gasteiger partial charge in [0.15, 0.2) is 6.33 Å². The van der Waals surface area contributed by atoms with Gasteiger partial charge in [-0.2, -0.15) is 4.98 Å². The third-order valence-corrected chi connectivity index (χ3v) is 4.07. The monoisotopic (exact) mass is 251 g/mol. The summed E-state index contributed by atoms with van der Waals surface area (Å²) in [5, 5.41) is 3.63. The normalized spacial score (nSPS) is 24.3. The molecular formula is C12H21N5O. The van der Waals surface area contributed by atoms with Crippen molar-refractivity contribution in [3.05, 3.63) is 12.2 Å².